The van der Waals surface area contributed by atoms with Crippen LogP contribution in [0.1, 0.15) is 22.6 Å². The normalized spacial score (nSPS) is 10.7. The molecule has 0 aliphatic rings. The second-order valence-electron chi connectivity index (χ2n) is 4.58. The van der Waals surface area contributed by atoms with Gasteiger partial charge >= 0.3 is 0 Å². The fourth-order valence-electron chi connectivity index (χ4n) is 1.97. The van der Waals surface area contributed by atoms with Crippen LogP contribution < -0.4 is 0 Å². The van der Waals surface area contributed by atoms with Gasteiger partial charge in [-0.15, -0.1) is 0 Å². The zero-order chi connectivity index (χ0) is 13.8. The van der Waals surface area contributed by atoms with Crippen LogP contribution in [0.3, 0.4) is 0 Å². The van der Waals surface area contributed by atoms with Gasteiger partial charge in [0.05, 0.1) is 12.1 Å². The summed E-state index contributed by atoms with van der Waals surface area (Å²) >= 11 is 0. The molecule has 0 saturated heterocycles. The van der Waals surface area contributed by atoms with E-state index < -0.39 is 5.82 Å². The molecule has 0 aliphatic carbocycles. The standard InChI is InChI=1S/C15H15FN2O/c1-11-6-7-14(19-11)10-18(2)9-13-5-3-4-12(8-17)15(13)16/h3-7H,9-10H2,1-2H3. The summed E-state index contributed by atoms with van der Waals surface area (Å²) in [4.78, 5) is 1.94. The molecule has 0 unspecified atom stereocenters. The summed E-state index contributed by atoms with van der Waals surface area (Å²) in [6.07, 6.45) is 0. The first-order valence-electron chi connectivity index (χ1n) is 6.01. The molecule has 4 heteroatoms. The van der Waals surface area contributed by atoms with Crippen LogP contribution >= 0.6 is 0 Å². The van der Waals surface area contributed by atoms with E-state index in [4.69, 9.17) is 9.68 Å². The Morgan fingerprint density at radius 3 is 2.68 bits per heavy atom. The SMILES string of the molecule is Cc1ccc(CN(C)Cc2cccc(C#N)c2F)o1. The number of hydrogen-bond acceptors (Lipinski definition) is 3. The van der Waals surface area contributed by atoms with E-state index in [-0.39, 0.29) is 5.56 Å². The van der Waals surface area contributed by atoms with E-state index >= 15 is 0 Å². The van der Waals surface area contributed by atoms with Crippen molar-refractivity contribution in [3.63, 3.8) is 0 Å². The van der Waals surface area contributed by atoms with Crippen molar-refractivity contribution in [2.45, 2.75) is 20.0 Å². The number of nitrogens with zero attached hydrogens (tertiary/aromatic N) is 2. The molecule has 19 heavy (non-hydrogen) atoms. The van der Waals surface area contributed by atoms with E-state index in [0.717, 1.165) is 11.5 Å². The van der Waals surface area contributed by atoms with E-state index in [1.807, 2.05) is 37.1 Å². The van der Waals surface area contributed by atoms with Crippen molar-refractivity contribution < 1.29 is 8.81 Å². The van der Waals surface area contributed by atoms with Gasteiger partial charge in [0, 0.05) is 12.1 Å². The molecule has 0 aliphatic heterocycles. The summed E-state index contributed by atoms with van der Waals surface area (Å²) in [5, 5.41) is 8.80. The lowest BCUT2D eigenvalue weighted by molar-refractivity contribution is 0.281. The molecule has 1 aromatic carbocycles. The minimum absolute atomic E-state index is 0.0831. The van der Waals surface area contributed by atoms with Gasteiger partial charge in [0.2, 0.25) is 0 Å². The Bertz CT molecular complexity index is 613. The monoisotopic (exact) mass is 258 g/mol. The van der Waals surface area contributed by atoms with Gasteiger partial charge in [0.15, 0.2) is 0 Å². The molecule has 0 amide bonds. The molecule has 1 aromatic heterocycles. The lowest BCUT2D eigenvalue weighted by Crippen LogP contribution is -2.18. The van der Waals surface area contributed by atoms with Crippen molar-refractivity contribution in [1.82, 2.24) is 4.90 Å². The third kappa shape index (κ3) is 3.21. The molecule has 0 bridgehead atoms. The Labute approximate surface area is 111 Å². The highest BCUT2D eigenvalue weighted by Crippen LogP contribution is 2.15. The summed E-state index contributed by atoms with van der Waals surface area (Å²) in [5.74, 6) is 1.27. The molecular weight excluding hydrogens is 243 g/mol. The van der Waals surface area contributed by atoms with Crippen LogP contribution in [0.25, 0.3) is 0 Å². The molecule has 0 saturated carbocycles. The third-order valence-electron chi connectivity index (χ3n) is 2.86. The summed E-state index contributed by atoms with van der Waals surface area (Å²) in [5.41, 5.74) is 0.601. The lowest BCUT2D eigenvalue weighted by atomic mass is 10.1. The summed E-state index contributed by atoms with van der Waals surface area (Å²) < 4.78 is 19.4. The average Bonchev–Trinajstić information content (AvgIpc) is 2.77. The van der Waals surface area contributed by atoms with Gasteiger partial charge in [-0.1, -0.05) is 12.1 Å². The second kappa shape index (κ2) is 5.68. The predicted octanol–water partition coefficient (Wildman–Crippen LogP) is 3.23. The van der Waals surface area contributed by atoms with Gasteiger partial charge in [-0.2, -0.15) is 5.26 Å². The Hall–Kier alpha value is -2.12. The highest BCUT2D eigenvalue weighted by molar-refractivity contribution is 5.34. The Kier molecular flexibility index (Phi) is 3.98. The highest BCUT2D eigenvalue weighted by atomic mass is 19.1. The molecule has 3 nitrogen and oxygen atoms in total. The van der Waals surface area contributed by atoms with Crippen molar-refractivity contribution in [1.29, 1.82) is 5.26 Å². The summed E-state index contributed by atoms with van der Waals surface area (Å²) in [7, 11) is 1.89. The Morgan fingerprint density at radius 2 is 2.05 bits per heavy atom. The van der Waals surface area contributed by atoms with Crippen LogP contribution in [0, 0.1) is 24.1 Å². The Balaban J connectivity index is 2.07. The minimum Gasteiger partial charge on any atom is -0.465 e. The summed E-state index contributed by atoms with van der Waals surface area (Å²) in [6, 6.07) is 10.5. The van der Waals surface area contributed by atoms with E-state index in [0.29, 0.717) is 18.7 Å². The Morgan fingerprint density at radius 1 is 1.26 bits per heavy atom. The maximum Gasteiger partial charge on any atom is 0.145 e. The van der Waals surface area contributed by atoms with Gasteiger partial charge in [-0.05, 0) is 32.2 Å². The quantitative estimate of drug-likeness (QED) is 0.845. The number of hydrogen-bond donors (Lipinski definition) is 0. The van der Waals surface area contributed by atoms with Crippen molar-refractivity contribution in [3.8, 4) is 6.07 Å². The minimum atomic E-state index is -0.438. The molecule has 0 atom stereocenters. The number of rotatable bonds is 4. The van der Waals surface area contributed by atoms with E-state index in [9.17, 15) is 4.39 Å². The zero-order valence-corrected chi connectivity index (χ0v) is 11.0. The third-order valence-corrected chi connectivity index (χ3v) is 2.86. The van der Waals surface area contributed by atoms with Gasteiger partial charge in [0.25, 0.3) is 0 Å². The largest absolute Gasteiger partial charge is 0.465 e. The van der Waals surface area contributed by atoms with Crippen molar-refractivity contribution in [2.75, 3.05) is 7.05 Å². The number of nitriles is 1. The number of benzene rings is 1. The van der Waals surface area contributed by atoms with E-state index in [1.165, 1.54) is 6.07 Å². The number of furan rings is 1. The first kappa shape index (κ1) is 13.3. The van der Waals surface area contributed by atoms with E-state index in [2.05, 4.69) is 0 Å². The van der Waals surface area contributed by atoms with Gasteiger partial charge < -0.3 is 4.42 Å². The maximum atomic E-state index is 13.9. The number of halogens is 1. The highest BCUT2D eigenvalue weighted by Gasteiger charge is 2.11. The van der Waals surface area contributed by atoms with Gasteiger partial charge in [0.1, 0.15) is 23.4 Å². The first-order valence-corrected chi connectivity index (χ1v) is 6.01. The van der Waals surface area contributed by atoms with Crippen LogP contribution in [-0.2, 0) is 13.1 Å². The first-order chi connectivity index (χ1) is 9.10. The number of aryl methyl sites for hydroxylation is 1. The maximum absolute atomic E-state index is 13.9. The van der Waals surface area contributed by atoms with Crippen molar-refractivity contribution >= 4 is 0 Å². The van der Waals surface area contributed by atoms with E-state index in [1.54, 1.807) is 12.1 Å². The molecule has 2 rings (SSSR count). The molecule has 0 N–H and O–H groups in total. The van der Waals surface area contributed by atoms with Crippen LogP contribution in [-0.4, -0.2) is 11.9 Å². The molecular formula is C15H15FN2O. The molecule has 0 spiro atoms. The van der Waals surface area contributed by atoms with Crippen LogP contribution in [0.4, 0.5) is 4.39 Å². The average molecular weight is 258 g/mol. The molecule has 2 aromatic rings. The molecule has 98 valence electrons. The topological polar surface area (TPSA) is 40.2 Å². The molecule has 0 radical (unpaired) electrons. The van der Waals surface area contributed by atoms with Gasteiger partial charge in [-0.3, -0.25) is 4.90 Å². The van der Waals surface area contributed by atoms with Crippen molar-refractivity contribution in [3.05, 3.63) is 58.8 Å². The fourth-order valence-corrected chi connectivity index (χ4v) is 1.97. The van der Waals surface area contributed by atoms with Crippen molar-refractivity contribution in [2.24, 2.45) is 0 Å². The molecule has 0 fully saturated rings. The van der Waals surface area contributed by atoms with Gasteiger partial charge in [-0.25, -0.2) is 4.39 Å². The predicted molar refractivity (Wildman–Crippen MR) is 69.7 cm³/mol. The van der Waals surface area contributed by atoms with Crippen LogP contribution in [0.2, 0.25) is 0 Å². The van der Waals surface area contributed by atoms with Crippen LogP contribution in [0.5, 0.6) is 0 Å². The summed E-state index contributed by atoms with van der Waals surface area (Å²) in [6.45, 7) is 2.92. The molecule has 1 heterocycles. The second-order valence-corrected chi connectivity index (χ2v) is 4.58. The lowest BCUT2D eigenvalue weighted by Gasteiger charge is -2.15. The fraction of sp³-hybridized carbons (Fsp3) is 0.267. The zero-order valence-electron chi connectivity index (χ0n) is 11.0. The smallest absolute Gasteiger partial charge is 0.145 e. The van der Waals surface area contributed by atoms with Crippen LogP contribution in [0.15, 0.2) is 34.7 Å².